The van der Waals surface area contributed by atoms with Gasteiger partial charge in [0, 0.05) is 5.56 Å². The van der Waals surface area contributed by atoms with Crippen LogP contribution in [0.15, 0.2) is 30.3 Å². The molecule has 0 aliphatic heterocycles. The molecular weight excluding hydrogens is 212 g/mol. The van der Waals surface area contributed by atoms with E-state index in [0.29, 0.717) is 5.56 Å². The molecule has 17 heavy (non-hydrogen) atoms. The summed E-state index contributed by atoms with van der Waals surface area (Å²) in [5.41, 5.74) is 1.34. The van der Waals surface area contributed by atoms with Gasteiger partial charge >= 0.3 is 0 Å². The summed E-state index contributed by atoms with van der Waals surface area (Å²) in [6, 6.07) is 7.40. The van der Waals surface area contributed by atoms with E-state index in [2.05, 4.69) is 0 Å². The number of Topliss-reactive ketones (excluding diaryl/α,β-unsaturated/α-hetero) is 1. The van der Waals surface area contributed by atoms with Gasteiger partial charge in [-0.05, 0) is 17.9 Å². The minimum Gasteiger partial charge on any atom is -0.388 e. The van der Waals surface area contributed by atoms with Gasteiger partial charge in [0.15, 0.2) is 5.78 Å². The zero-order chi connectivity index (χ0) is 13.1. The summed E-state index contributed by atoms with van der Waals surface area (Å²) in [6.45, 7) is 7.46. The van der Waals surface area contributed by atoms with Crippen molar-refractivity contribution in [1.29, 1.82) is 0 Å². The van der Waals surface area contributed by atoms with Gasteiger partial charge in [0.1, 0.15) is 0 Å². The van der Waals surface area contributed by atoms with Crippen molar-refractivity contribution >= 4 is 11.9 Å². The van der Waals surface area contributed by atoms with Crippen LogP contribution < -0.4 is 0 Å². The molecule has 0 aliphatic carbocycles. The van der Waals surface area contributed by atoms with Gasteiger partial charge < -0.3 is 5.11 Å². The SMILES string of the molecule is CC(=O)c1ccccc1/C=C/C(O)C(C)(C)C. The second kappa shape index (κ2) is 5.28. The van der Waals surface area contributed by atoms with E-state index in [0.717, 1.165) is 5.56 Å². The van der Waals surface area contributed by atoms with Crippen molar-refractivity contribution in [1.82, 2.24) is 0 Å². The number of carbonyl (C=O) groups excluding carboxylic acids is 1. The van der Waals surface area contributed by atoms with Crippen LogP contribution in [0.3, 0.4) is 0 Å². The van der Waals surface area contributed by atoms with Crippen LogP contribution in [-0.4, -0.2) is 17.0 Å². The van der Waals surface area contributed by atoms with Gasteiger partial charge in [0.25, 0.3) is 0 Å². The first-order chi connectivity index (χ1) is 7.82. The van der Waals surface area contributed by atoms with Gasteiger partial charge in [0.05, 0.1) is 6.10 Å². The van der Waals surface area contributed by atoms with Crippen LogP contribution in [0.4, 0.5) is 0 Å². The Bertz CT molecular complexity index is 425. The molecule has 0 heterocycles. The highest BCUT2D eigenvalue weighted by molar-refractivity contribution is 5.97. The lowest BCUT2D eigenvalue weighted by Crippen LogP contribution is -2.23. The van der Waals surface area contributed by atoms with E-state index in [1.165, 1.54) is 0 Å². The van der Waals surface area contributed by atoms with Crippen LogP contribution in [-0.2, 0) is 0 Å². The topological polar surface area (TPSA) is 37.3 Å². The molecule has 0 amide bonds. The summed E-state index contributed by atoms with van der Waals surface area (Å²) in [7, 11) is 0. The zero-order valence-corrected chi connectivity index (χ0v) is 10.9. The predicted molar refractivity (Wildman–Crippen MR) is 70.9 cm³/mol. The Hall–Kier alpha value is -1.41. The molecule has 0 radical (unpaired) electrons. The molecule has 2 heteroatoms. The molecule has 1 aromatic rings. The van der Waals surface area contributed by atoms with E-state index in [1.54, 1.807) is 19.1 Å². The quantitative estimate of drug-likeness (QED) is 0.812. The standard InChI is InChI=1S/C15H20O2/c1-11(16)13-8-6-5-7-12(13)9-10-14(17)15(2,3)4/h5-10,14,17H,1-4H3/b10-9+. The van der Waals surface area contributed by atoms with Crippen LogP contribution in [0.25, 0.3) is 6.08 Å². The van der Waals surface area contributed by atoms with Gasteiger partial charge in [0.2, 0.25) is 0 Å². The van der Waals surface area contributed by atoms with Crippen LogP contribution in [0.1, 0.15) is 43.6 Å². The van der Waals surface area contributed by atoms with Crippen LogP contribution in [0.2, 0.25) is 0 Å². The molecule has 92 valence electrons. The van der Waals surface area contributed by atoms with Crippen molar-refractivity contribution in [2.24, 2.45) is 5.41 Å². The number of hydrogen-bond donors (Lipinski definition) is 1. The minimum absolute atomic E-state index is 0.0375. The minimum atomic E-state index is -0.525. The molecule has 1 rings (SSSR count). The van der Waals surface area contributed by atoms with E-state index in [4.69, 9.17) is 0 Å². The Morgan fingerprint density at radius 3 is 2.41 bits per heavy atom. The van der Waals surface area contributed by atoms with Gasteiger partial charge in [-0.1, -0.05) is 57.2 Å². The van der Waals surface area contributed by atoms with E-state index in [-0.39, 0.29) is 11.2 Å². The highest BCUT2D eigenvalue weighted by Crippen LogP contribution is 2.21. The highest BCUT2D eigenvalue weighted by atomic mass is 16.3. The Kier molecular flexibility index (Phi) is 4.24. The average molecular weight is 232 g/mol. The molecule has 1 atom stereocenters. The number of carbonyl (C=O) groups is 1. The van der Waals surface area contributed by atoms with Crippen LogP contribution >= 0.6 is 0 Å². The fraction of sp³-hybridized carbons (Fsp3) is 0.400. The summed E-state index contributed by atoms with van der Waals surface area (Å²) >= 11 is 0. The Morgan fingerprint density at radius 2 is 1.88 bits per heavy atom. The first-order valence-corrected chi connectivity index (χ1v) is 5.78. The maximum Gasteiger partial charge on any atom is 0.160 e. The molecule has 0 spiro atoms. The van der Waals surface area contributed by atoms with Crippen LogP contribution in [0.5, 0.6) is 0 Å². The molecule has 0 aliphatic rings. The van der Waals surface area contributed by atoms with Gasteiger partial charge in [-0.15, -0.1) is 0 Å². The second-order valence-electron chi connectivity index (χ2n) is 5.31. The number of aliphatic hydroxyl groups excluding tert-OH is 1. The van der Waals surface area contributed by atoms with Crippen molar-refractivity contribution in [2.75, 3.05) is 0 Å². The first kappa shape index (κ1) is 13.7. The number of ketones is 1. The predicted octanol–water partition coefficient (Wildman–Crippen LogP) is 3.31. The molecule has 2 nitrogen and oxygen atoms in total. The molecule has 0 saturated carbocycles. The van der Waals surface area contributed by atoms with E-state index in [1.807, 2.05) is 45.0 Å². The van der Waals surface area contributed by atoms with E-state index >= 15 is 0 Å². The lowest BCUT2D eigenvalue weighted by molar-refractivity contribution is 0.101. The smallest absolute Gasteiger partial charge is 0.160 e. The van der Waals surface area contributed by atoms with Crippen molar-refractivity contribution in [3.05, 3.63) is 41.5 Å². The van der Waals surface area contributed by atoms with Gasteiger partial charge in [-0.25, -0.2) is 0 Å². The Morgan fingerprint density at radius 1 is 1.29 bits per heavy atom. The summed E-state index contributed by atoms with van der Waals surface area (Å²) in [5, 5.41) is 9.90. The summed E-state index contributed by atoms with van der Waals surface area (Å²) < 4.78 is 0. The van der Waals surface area contributed by atoms with Crippen molar-refractivity contribution < 1.29 is 9.90 Å². The van der Waals surface area contributed by atoms with E-state index < -0.39 is 6.10 Å². The largest absolute Gasteiger partial charge is 0.388 e. The van der Waals surface area contributed by atoms with Gasteiger partial charge in [-0.2, -0.15) is 0 Å². The molecule has 0 saturated heterocycles. The number of aliphatic hydroxyl groups is 1. The third kappa shape index (κ3) is 3.82. The fourth-order valence-electron chi connectivity index (χ4n) is 1.45. The van der Waals surface area contributed by atoms with E-state index in [9.17, 15) is 9.90 Å². The molecule has 1 aromatic carbocycles. The fourth-order valence-corrected chi connectivity index (χ4v) is 1.45. The third-order valence-corrected chi connectivity index (χ3v) is 2.69. The molecule has 0 bridgehead atoms. The number of hydrogen-bond acceptors (Lipinski definition) is 2. The lowest BCUT2D eigenvalue weighted by atomic mass is 9.88. The maximum absolute atomic E-state index is 11.4. The Labute approximate surface area is 103 Å². The van der Waals surface area contributed by atoms with Crippen molar-refractivity contribution in [3.8, 4) is 0 Å². The zero-order valence-electron chi connectivity index (χ0n) is 10.9. The molecule has 1 unspecified atom stereocenters. The molecule has 0 aromatic heterocycles. The monoisotopic (exact) mass is 232 g/mol. The average Bonchev–Trinajstić information content (AvgIpc) is 2.24. The summed E-state index contributed by atoms with van der Waals surface area (Å²) in [5.74, 6) is 0.0375. The molecule has 0 fully saturated rings. The summed E-state index contributed by atoms with van der Waals surface area (Å²) in [4.78, 5) is 11.4. The lowest BCUT2D eigenvalue weighted by Gasteiger charge is -2.22. The molecule has 1 N–H and O–H groups in total. The van der Waals surface area contributed by atoms with Crippen molar-refractivity contribution in [2.45, 2.75) is 33.8 Å². The first-order valence-electron chi connectivity index (χ1n) is 5.78. The Balaban J connectivity index is 2.96. The van der Waals surface area contributed by atoms with Crippen LogP contribution in [0, 0.1) is 5.41 Å². The normalized spacial score (nSPS) is 13.9. The van der Waals surface area contributed by atoms with Crippen molar-refractivity contribution in [3.63, 3.8) is 0 Å². The summed E-state index contributed by atoms with van der Waals surface area (Å²) in [6.07, 6.45) is 3.02. The third-order valence-electron chi connectivity index (χ3n) is 2.69. The van der Waals surface area contributed by atoms with Gasteiger partial charge in [-0.3, -0.25) is 4.79 Å². The number of rotatable bonds is 3. The maximum atomic E-state index is 11.4. The number of benzene rings is 1. The highest BCUT2D eigenvalue weighted by Gasteiger charge is 2.19. The molecular formula is C15H20O2. The second-order valence-corrected chi connectivity index (χ2v) is 5.31.